The molecular weight excluding hydrogens is 278 g/mol. The average molecular weight is 297 g/mol. The number of anilines is 3. The third kappa shape index (κ3) is 2.72. The Morgan fingerprint density at radius 1 is 1.23 bits per heavy atom. The monoisotopic (exact) mass is 297 g/mol. The minimum absolute atomic E-state index is 0.0312. The largest absolute Gasteiger partial charge is 0.339 e. The molecule has 3 rings (SSSR count). The van der Waals surface area contributed by atoms with Crippen molar-refractivity contribution < 1.29 is 4.79 Å². The SMILES string of the molecule is Cc1cnc(C)c(Nc2cccc(N3CCN(C)C3=O)c2)n1. The molecule has 1 fully saturated rings. The zero-order valence-electron chi connectivity index (χ0n) is 13.0. The number of nitrogens with zero attached hydrogens (tertiary/aromatic N) is 4. The lowest BCUT2D eigenvalue weighted by Crippen LogP contribution is -2.29. The van der Waals surface area contributed by atoms with Crippen LogP contribution in [0.4, 0.5) is 22.0 Å². The van der Waals surface area contributed by atoms with Gasteiger partial charge in [-0.15, -0.1) is 0 Å². The Labute approximate surface area is 129 Å². The van der Waals surface area contributed by atoms with Gasteiger partial charge >= 0.3 is 6.03 Å². The minimum Gasteiger partial charge on any atom is -0.339 e. The number of hydrogen-bond donors (Lipinski definition) is 1. The molecule has 2 amide bonds. The number of benzene rings is 1. The summed E-state index contributed by atoms with van der Waals surface area (Å²) in [7, 11) is 1.82. The Morgan fingerprint density at radius 3 is 2.77 bits per heavy atom. The van der Waals surface area contributed by atoms with Crippen molar-refractivity contribution >= 4 is 23.2 Å². The Kier molecular flexibility index (Phi) is 3.66. The van der Waals surface area contributed by atoms with Gasteiger partial charge in [0.2, 0.25) is 0 Å². The highest BCUT2D eigenvalue weighted by molar-refractivity contribution is 5.94. The van der Waals surface area contributed by atoms with E-state index in [1.54, 1.807) is 16.0 Å². The summed E-state index contributed by atoms with van der Waals surface area (Å²) in [6.07, 6.45) is 1.75. The third-order valence-corrected chi connectivity index (χ3v) is 3.71. The second kappa shape index (κ2) is 5.63. The zero-order chi connectivity index (χ0) is 15.7. The van der Waals surface area contributed by atoms with Crippen LogP contribution in [0.25, 0.3) is 0 Å². The summed E-state index contributed by atoms with van der Waals surface area (Å²) in [5.74, 6) is 0.738. The van der Waals surface area contributed by atoms with E-state index in [9.17, 15) is 4.79 Å². The van der Waals surface area contributed by atoms with Crippen molar-refractivity contribution in [2.24, 2.45) is 0 Å². The number of hydrogen-bond acceptors (Lipinski definition) is 4. The van der Waals surface area contributed by atoms with Crippen LogP contribution < -0.4 is 10.2 Å². The molecule has 0 atom stereocenters. The van der Waals surface area contributed by atoms with Crippen LogP contribution in [0.15, 0.2) is 30.5 Å². The van der Waals surface area contributed by atoms with Crippen molar-refractivity contribution in [3.05, 3.63) is 41.9 Å². The summed E-state index contributed by atoms with van der Waals surface area (Å²) in [5.41, 5.74) is 3.48. The summed E-state index contributed by atoms with van der Waals surface area (Å²) < 4.78 is 0. The van der Waals surface area contributed by atoms with E-state index in [2.05, 4.69) is 15.3 Å². The van der Waals surface area contributed by atoms with Gasteiger partial charge in [-0.25, -0.2) is 9.78 Å². The second-order valence-corrected chi connectivity index (χ2v) is 5.48. The van der Waals surface area contributed by atoms with E-state index >= 15 is 0 Å². The van der Waals surface area contributed by atoms with Crippen molar-refractivity contribution in [2.75, 3.05) is 30.4 Å². The molecular formula is C16H19N5O. The van der Waals surface area contributed by atoms with E-state index in [0.717, 1.165) is 35.1 Å². The summed E-state index contributed by atoms with van der Waals surface area (Å²) >= 11 is 0. The zero-order valence-corrected chi connectivity index (χ0v) is 13.0. The molecule has 0 bridgehead atoms. The fourth-order valence-electron chi connectivity index (χ4n) is 2.43. The van der Waals surface area contributed by atoms with Crippen LogP contribution in [0.5, 0.6) is 0 Å². The standard InChI is InChI=1S/C16H19N5O/c1-11-10-17-12(2)15(18-11)19-13-5-4-6-14(9-13)21-8-7-20(3)16(21)22/h4-6,9-10H,7-8H2,1-3H3,(H,18,19). The molecule has 1 aromatic carbocycles. The Balaban J connectivity index is 1.85. The van der Waals surface area contributed by atoms with Gasteiger partial charge in [-0.1, -0.05) is 6.07 Å². The van der Waals surface area contributed by atoms with Crippen LogP contribution in [0.2, 0.25) is 0 Å². The Hall–Kier alpha value is -2.63. The van der Waals surface area contributed by atoms with Crippen molar-refractivity contribution in [3.63, 3.8) is 0 Å². The normalized spacial score (nSPS) is 14.6. The first-order chi connectivity index (χ1) is 10.5. The molecule has 1 aromatic heterocycles. The molecule has 114 valence electrons. The van der Waals surface area contributed by atoms with Crippen molar-refractivity contribution in [1.29, 1.82) is 0 Å². The highest BCUT2D eigenvalue weighted by Gasteiger charge is 2.26. The second-order valence-electron chi connectivity index (χ2n) is 5.48. The Bertz CT molecular complexity index is 715. The summed E-state index contributed by atoms with van der Waals surface area (Å²) in [6, 6.07) is 7.82. The lowest BCUT2D eigenvalue weighted by molar-refractivity contribution is 0.229. The highest BCUT2D eigenvalue weighted by atomic mass is 16.2. The molecule has 1 aliphatic heterocycles. The number of likely N-dealkylation sites (N-methyl/N-ethyl adjacent to an activating group) is 1. The summed E-state index contributed by atoms with van der Waals surface area (Å²) in [6.45, 7) is 5.28. The molecule has 1 aliphatic rings. The first-order valence-electron chi connectivity index (χ1n) is 7.24. The van der Waals surface area contributed by atoms with Crippen LogP contribution in [0, 0.1) is 13.8 Å². The smallest absolute Gasteiger partial charge is 0.324 e. The number of aromatic nitrogens is 2. The van der Waals surface area contributed by atoms with Crippen molar-refractivity contribution in [1.82, 2.24) is 14.9 Å². The lowest BCUT2D eigenvalue weighted by atomic mass is 10.2. The minimum atomic E-state index is 0.0312. The molecule has 1 N–H and O–H groups in total. The van der Waals surface area contributed by atoms with Gasteiger partial charge in [0.25, 0.3) is 0 Å². The number of rotatable bonds is 3. The van der Waals surface area contributed by atoms with Crippen LogP contribution in [-0.2, 0) is 0 Å². The van der Waals surface area contributed by atoms with E-state index in [4.69, 9.17) is 0 Å². The molecule has 0 radical (unpaired) electrons. The van der Waals surface area contributed by atoms with E-state index in [1.807, 2.05) is 45.2 Å². The first kappa shape index (κ1) is 14.3. The molecule has 6 heteroatoms. The van der Waals surface area contributed by atoms with Gasteiger partial charge in [-0.05, 0) is 32.0 Å². The van der Waals surface area contributed by atoms with E-state index in [0.29, 0.717) is 6.54 Å². The van der Waals surface area contributed by atoms with Gasteiger partial charge in [0.1, 0.15) is 0 Å². The highest BCUT2D eigenvalue weighted by Crippen LogP contribution is 2.25. The van der Waals surface area contributed by atoms with Gasteiger partial charge in [0.05, 0.1) is 11.4 Å². The molecule has 0 saturated carbocycles. The summed E-state index contributed by atoms with van der Waals surface area (Å²) in [4.78, 5) is 24.3. The molecule has 2 aromatic rings. The molecule has 0 unspecified atom stereocenters. The number of carbonyl (C=O) groups is 1. The fraction of sp³-hybridized carbons (Fsp3) is 0.312. The lowest BCUT2D eigenvalue weighted by Gasteiger charge is -2.17. The van der Waals surface area contributed by atoms with E-state index in [-0.39, 0.29) is 6.03 Å². The molecule has 6 nitrogen and oxygen atoms in total. The van der Waals surface area contributed by atoms with E-state index < -0.39 is 0 Å². The van der Waals surface area contributed by atoms with Gasteiger partial charge in [0, 0.05) is 37.7 Å². The van der Waals surface area contributed by atoms with Gasteiger partial charge in [-0.2, -0.15) is 0 Å². The maximum atomic E-state index is 12.1. The third-order valence-electron chi connectivity index (χ3n) is 3.71. The average Bonchev–Trinajstić information content (AvgIpc) is 2.83. The molecule has 1 saturated heterocycles. The van der Waals surface area contributed by atoms with Gasteiger partial charge in [0.15, 0.2) is 5.82 Å². The maximum Gasteiger partial charge on any atom is 0.324 e. The van der Waals surface area contributed by atoms with Crippen LogP contribution in [0.3, 0.4) is 0 Å². The number of amides is 2. The number of aryl methyl sites for hydroxylation is 2. The molecule has 0 aliphatic carbocycles. The Morgan fingerprint density at radius 2 is 2.05 bits per heavy atom. The number of nitrogens with one attached hydrogen (secondary N) is 1. The van der Waals surface area contributed by atoms with Gasteiger partial charge < -0.3 is 10.2 Å². The predicted octanol–water partition coefficient (Wildman–Crippen LogP) is 2.71. The first-order valence-corrected chi connectivity index (χ1v) is 7.24. The summed E-state index contributed by atoms with van der Waals surface area (Å²) in [5, 5.41) is 3.28. The molecule has 0 spiro atoms. The van der Waals surface area contributed by atoms with Gasteiger partial charge in [-0.3, -0.25) is 9.88 Å². The maximum absolute atomic E-state index is 12.1. The predicted molar refractivity (Wildman–Crippen MR) is 86.6 cm³/mol. The number of urea groups is 1. The topological polar surface area (TPSA) is 61.4 Å². The van der Waals surface area contributed by atoms with Crippen LogP contribution in [0.1, 0.15) is 11.4 Å². The fourth-order valence-corrected chi connectivity index (χ4v) is 2.43. The van der Waals surface area contributed by atoms with Crippen molar-refractivity contribution in [2.45, 2.75) is 13.8 Å². The van der Waals surface area contributed by atoms with Crippen molar-refractivity contribution in [3.8, 4) is 0 Å². The molecule has 22 heavy (non-hydrogen) atoms. The quantitative estimate of drug-likeness (QED) is 0.946. The van der Waals surface area contributed by atoms with Crippen LogP contribution in [-0.4, -0.2) is 41.0 Å². The number of carbonyl (C=O) groups excluding carboxylic acids is 1. The van der Waals surface area contributed by atoms with Crippen LogP contribution >= 0.6 is 0 Å². The van der Waals surface area contributed by atoms with E-state index in [1.165, 1.54) is 0 Å². The molecule has 2 heterocycles.